The molecule has 0 unspecified atom stereocenters. The van der Waals surface area contributed by atoms with Crippen LogP contribution in [0.2, 0.25) is 0 Å². The molecule has 16 heavy (non-hydrogen) atoms. The maximum atomic E-state index is 11.7. The highest BCUT2D eigenvalue weighted by molar-refractivity contribution is 5.75. The van der Waals surface area contributed by atoms with Crippen molar-refractivity contribution in [2.45, 2.75) is 25.4 Å². The third-order valence-electron chi connectivity index (χ3n) is 2.01. The molecule has 0 aliphatic carbocycles. The van der Waals surface area contributed by atoms with E-state index in [-0.39, 0.29) is 18.9 Å². The van der Waals surface area contributed by atoms with Crippen molar-refractivity contribution in [1.29, 1.82) is 0 Å². The van der Waals surface area contributed by atoms with Crippen molar-refractivity contribution in [3.05, 3.63) is 0 Å². The molecule has 0 bridgehead atoms. The average Bonchev–Trinajstić information content (AvgIpc) is 2.24. The molecule has 1 aliphatic heterocycles. The van der Waals surface area contributed by atoms with Crippen molar-refractivity contribution in [2.75, 3.05) is 26.4 Å². The Hall–Kier alpha value is -0.820. The highest BCUT2D eigenvalue weighted by Gasteiger charge is 2.27. The van der Waals surface area contributed by atoms with Crippen LogP contribution in [0.25, 0.3) is 0 Å². The predicted octanol–water partition coefficient (Wildman–Crippen LogP) is 1.51. The van der Waals surface area contributed by atoms with E-state index in [0.717, 1.165) is 12.8 Å². The molecule has 0 saturated carbocycles. The lowest BCUT2D eigenvalue weighted by Gasteiger charge is -2.25. The fraction of sp³-hybridized carbons (Fsp3) is 0.889. The van der Waals surface area contributed by atoms with Crippen molar-refractivity contribution in [2.24, 2.45) is 0 Å². The molecular formula is C9H14F3NO3. The molecule has 0 atom stereocenters. The van der Waals surface area contributed by atoms with Crippen LogP contribution in [0.5, 0.6) is 0 Å². The van der Waals surface area contributed by atoms with Crippen LogP contribution in [-0.4, -0.2) is 43.5 Å². The van der Waals surface area contributed by atoms with Crippen LogP contribution in [0, 0.1) is 0 Å². The van der Waals surface area contributed by atoms with Gasteiger partial charge in [0, 0.05) is 6.54 Å². The molecule has 0 radical (unpaired) electrons. The number of nitrogens with zero attached hydrogens (tertiary/aromatic N) is 1. The summed E-state index contributed by atoms with van der Waals surface area (Å²) in [5, 5.41) is 1.19. The first-order valence-electron chi connectivity index (χ1n) is 5.07. The highest BCUT2D eigenvalue weighted by Crippen LogP contribution is 2.14. The van der Waals surface area contributed by atoms with Crippen LogP contribution in [0.1, 0.15) is 19.3 Å². The maximum absolute atomic E-state index is 11.7. The summed E-state index contributed by atoms with van der Waals surface area (Å²) in [5.41, 5.74) is 0. The number of amides is 1. The first-order valence-corrected chi connectivity index (χ1v) is 5.07. The molecule has 4 nitrogen and oxygen atoms in total. The molecule has 0 aromatic heterocycles. The van der Waals surface area contributed by atoms with Gasteiger partial charge in [-0.25, -0.2) is 5.06 Å². The molecule has 0 spiro atoms. The fourth-order valence-corrected chi connectivity index (χ4v) is 1.27. The largest absolute Gasteiger partial charge is 0.411 e. The van der Waals surface area contributed by atoms with Gasteiger partial charge in [0.25, 0.3) is 0 Å². The van der Waals surface area contributed by atoms with E-state index in [0.29, 0.717) is 13.2 Å². The van der Waals surface area contributed by atoms with Crippen LogP contribution >= 0.6 is 0 Å². The smallest absolute Gasteiger partial charge is 0.372 e. The molecule has 0 N–H and O–H groups in total. The van der Waals surface area contributed by atoms with Crippen LogP contribution in [0.4, 0.5) is 13.2 Å². The maximum Gasteiger partial charge on any atom is 0.411 e. The third-order valence-corrected chi connectivity index (χ3v) is 2.01. The Morgan fingerprint density at radius 1 is 1.38 bits per heavy atom. The normalized spacial score (nSPS) is 17.6. The summed E-state index contributed by atoms with van der Waals surface area (Å²) < 4.78 is 39.4. The van der Waals surface area contributed by atoms with Gasteiger partial charge >= 0.3 is 6.18 Å². The average molecular weight is 241 g/mol. The Labute approximate surface area is 91.3 Å². The number of hydrogen-bond acceptors (Lipinski definition) is 3. The first-order chi connectivity index (χ1) is 7.49. The Kier molecular flexibility index (Phi) is 5.01. The number of carbonyl (C=O) groups is 1. The zero-order valence-electron chi connectivity index (χ0n) is 8.76. The zero-order chi connectivity index (χ0) is 12.0. The minimum atomic E-state index is -4.34. The molecule has 0 aromatic carbocycles. The van der Waals surface area contributed by atoms with Crippen LogP contribution in [-0.2, 0) is 14.4 Å². The van der Waals surface area contributed by atoms with Crippen molar-refractivity contribution < 1.29 is 27.5 Å². The predicted molar refractivity (Wildman–Crippen MR) is 48.4 cm³/mol. The minimum absolute atomic E-state index is 0.0872. The van der Waals surface area contributed by atoms with Gasteiger partial charge in [-0.1, -0.05) is 0 Å². The first kappa shape index (κ1) is 13.2. The van der Waals surface area contributed by atoms with E-state index in [1.807, 2.05) is 0 Å². The van der Waals surface area contributed by atoms with Gasteiger partial charge in [0.2, 0.25) is 5.91 Å². The van der Waals surface area contributed by atoms with Crippen LogP contribution < -0.4 is 0 Å². The van der Waals surface area contributed by atoms with Gasteiger partial charge in [0.1, 0.15) is 6.61 Å². The lowest BCUT2D eigenvalue weighted by atomic mass is 10.3. The van der Waals surface area contributed by atoms with Gasteiger partial charge in [0.15, 0.2) is 0 Å². The van der Waals surface area contributed by atoms with E-state index < -0.39 is 12.8 Å². The van der Waals surface area contributed by atoms with Gasteiger partial charge in [-0.2, -0.15) is 13.2 Å². The van der Waals surface area contributed by atoms with Crippen LogP contribution in [0.15, 0.2) is 0 Å². The zero-order valence-corrected chi connectivity index (χ0v) is 8.76. The highest BCUT2D eigenvalue weighted by atomic mass is 19.4. The summed E-state index contributed by atoms with van der Waals surface area (Å²) in [5.74, 6) is -0.332. The summed E-state index contributed by atoms with van der Waals surface area (Å²) in [6.45, 7) is -0.577. The van der Waals surface area contributed by atoms with Crippen molar-refractivity contribution in [1.82, 2.24) is 5.06 Å². The topological polar surface area (TPSA) is 38.8 Å². The second kappa shape index (κ2) is 6.05. The Bertz CT molecular complexity index is 227. The number of hydroxylamine groups is 2. The van der Waals surface area contributed by atoms with Gasteiger partial charge in [-0.05, 0) is 12.8 Å². The molecule has 1 rings (SSSR count). The van der Waals surface area contributed by atoms with Gasteiger partial charge in [-0.15, -0.1) is 0 Å². The SMILES string of the molecule is O=C(CCOCC(F)(F)F)N1CCCCO1. The monoisotopic (exact) mass is 241 g/mol. The minimum Gasteiger partial charge on any atom is -0.372 e. The number of ether oxygens (including phenoxy) is 1. The van der Waals surface area contributed by atoms with E-state index in [9.17, 15) is 18.0 Å². The fourth-order valence-electron chi connectivity index (χ4n) is 1.27. The summed E-state index contributed by atoms with van der Waals surface area (Å²) >= 11 is 0. The third kappa shape index (κ3) is 5.32. The van der Waals surface area contributed by atoms with Gasteiger partial charge in [-0.3, -0.25) is 9.63 Å². The van der Waals surface area contributed by atoms with Crippen molar-refractivity contribution in [3.63, 3.8) is 0 Å². The molecule has 1 saturated heterocycles. The number of alkyl halides is 3. The van der Waals surface area contributed by atoms with Crippen molar-refractivity contribution in [3.8, 4) is 0 Å². The number of halogens is 3. The van der Waals surface area contributed by atoms with Gasteiger partial charge < -0.3 is 4.74 Å². The Morgan fingerprint density at radius 2 is 2.12 bits per heavy atom. The number of hydrogen-bond donors (Lipinski definition) is 0. The molecule has 1 fully saturated rings. The standard InChI is InChI=1S/C9H14F3NO3/c10-9(11,12)7-15-6-3-8(14)13-4-1-2-5-16-13/h1-7H2. The molecule has 1 heterocycles. The molecular weight excluding hydrogens is 227 g/mol. The Morgan fingerprint density at radius 3 is 2.69 bits per heavy atom. The Balaban J connectivity index is 2.10. The van der Waals surface area contributed by atoms with E-state index in [4.69, 9.17) is 4.84 Å². The quantitative estimate of drug-likeness (QED) is 0.700. The second-order valence-corrected chi connectivity index (χ2v) is 3.45. The molecule has 0 aromatic rings. The lowest BCUT2D eigenvalue weighted by molar-refractivity contribution is -0.200. The van der Waals surface area contributed by atoms with E-state index in [1.54, 1.807) is 0 Å². The van der Waals surface area contributed by atoms with E-state index in [1.165, 1.54) is 5.06 Å². The molecule has 94 valence electrons. The van der Waals surface area contributed by atoms with E-state index >= 15 is 0 Å². The molecule has 7 heteroatoms. The van der Waals surface area contributed by atoms with E-state index in [2.05, 4.69) is 4.74 Å². The van der Waals surface area contributed by atoms with Crippen LogP contribution in [0.3, 0.4) is 0 Å². The van der Waals surface area contributed by atoms with Crippen molar-refractivity contribution >= 4 is 5.91 Å². The van der Waals surface area contributed by atoms with Gasteiger partial charge in [0.05, 0.1) is 19.6 Å². The number of rotatable bonds is 4. The molecule has 1 amide bonds. The summed E-state index contributed by atoms with van der Waals surface area (Å²) in [4.78, 5) is 16.4. The molecule has 1 aliphatic rings. The second-order valence-electron chi connectivity index (χ2n) is 3.45. The summed E-state index contributed by atoms with van der Waals surface area (Å²) in [7, 11) is 0. The summed E-state index contributed by atoms with van der Waals surface area (Å²) in [6.07, 6.45) is -2.68. The number of carbonyl (C=O) groups excluding carboxylic acids is 1. The summed E-state index contributed by atoms with van der Waals surface area (Å²) in [6, 6.07) is 0. The lowest BCUT2D eigenvalue weighted by Crippen LogP contribution is -2.36.